The molecule has 0 saturated heterocycles. The molecular formula is C22H20BrN4O4S+. The van der Waals surface area contributed by atoms with Gasteiger partial charge in [0.15, 0.2) is 11.5 Å². The van der Waals surface area contributed by atoms with Crippen LogP contribution in [-0.2, 0) is 4.79 Å². The lowest BCUT2D eigenvalue weighted by molar-refractivity contribution is -0.763. The number of benzene rings is 2. The summed E-state index contributed by atoms with van der Waals surface area (Å²) in [6, 6.07) is 11.0. The summed E-state index contributed by atoms with van der Waals surface area (Å²) in [5, 5.41) is 5.28. The van der Waals surface area contributed by atoms with Crippen LogP contribution < -0.4 is 24.6 Å². The number of rotatable bonds is 4. The van der Waals surface area contributed by atoms with E-state index in [-0.39, 0.29) is 18.3 Å². The molecule has 0 aliphatic carbocycles. The fourth-order valence-corrected chi connectivity index (χ4v) is 5.22. The molecule has 1 N–H and O–H groups in total. The Bertz CT molecular complexity index is 1300. The number of hydrogen-bond acceptors (Lipinski definition) is 6. The number of fused-ring (bicyclic) bond motifs is 4. The highest BCUT2D eigenvalue weighted by Crippen LogP contribution is 2.43. The van der Waals surface area contributed by atoms with Crippen molar-refractivity contribution in [2.45, 2.75) is 31.6 Å². The molecule has 8 nitrogen and oxygen atoms in total. The molecule has 0 bridgehead atoms. The van der Waals surface area contributed by atoms with Crippen molar-refractivity contribution in [1.82, 2.24) is 10.1 Å². The molecule has 2 aliphatic rings. The third-order valence-electron chi connectivity index (χ3n) is 5.31. The van der Waals surface area contributed by atoms with Crippen LogP contribution in [0.25, 0.3) is 11.3 Å². The van der Waals surface area contributed by atoms with Crippen LogP contribution in [0.5, 0.6) is 11.5 Å². The largest absolute Gasteiger partial charge is 0.454 e. The second kappa shape index (κ2) is 8.25. The number of H-pyrrole nitrogens is 1. The minimum atomic E-state index is -0.690. The predicted octanol–water partition coefficient (Wildman–Crippen LogP) is 3.63. The molecule has 0 spiro atoms. The molecule has 10 heteroatoms. The maximum atomic E-state index is 13.2. The molecule has 2 aromatic carbocycles. The van der Waals surface area contributed by atoms with Crippen molar-refractivity contribution in [1.29, 1.82) is 0 Å². The number of nitrogens with one attached hydrogen (secondary N) is 1. The minimum absolute atomic E-state index is 0.134. The smallest absolute Gasteiger partial charge is 0.325 e. The molecule has 5 rings (SSSR count). The number of nitrogens with zero attached hydrogens (tertiary/aromatic N) is 3. The molecular weight excluding hydrogens is 496 g/mol. The summed E-state index contributed by atoms with van der Waals surface area (Å²) >= 11 is 5.10. The van der Waals surface area contributed by atoms with Gasteiger partial charge in [0.05, 0.1) is 16.8 Å². The Hall–Kier alpha value is -2.85. The summed E-state index contributed by atoms with van der Waals surface area (Å²) in [5.41, 5.74) is 2.17. The van der Waals surface area contributed by atoms with Crippen molar-refractivity contribution in [3.05, 3.63) is 56.8 Å². The number of aromatic nitrogens is 3. The zero-order valence-corrected chi connectivity index (χ0v) is 19.8. The normalized spacial score (nSPS) is 16.0. The van der Waals surface area contributed by atoms with E-state index in [2.05, 4.69) is 27.8 Å². The highest BCUT2D eigenvalue weighted by Gasteiger charge is 2.46. The lowest BCUT2D eigenvalue weighted by Gasteiger charge is -2.31. The molecule has 0 fully saturated rings. The van der Waals surface area contributed by atoms with Gasteiger partial charge in [-0.25, -0.2) is 4.90 Å². The SMILES string of the molecule is CCCSc1n[n+]2c(c(=O)[nH]1)-c1ccccc1N(C(C)=O)[C@H]2c1cc2c(cc1Br)OCO2. The third kappa shape index (κ3) is 3.38. The van der Waals surface area contributed by atoms with Crippen molar-refractivity contribution in [2.24, 2.45) is 0 Å². The number of carbonyl (C=O) groups excluding carboxylic acids is 1. The van der Waals surface area contributed by atoms with Crippen molar-refractivity contribution < 1.29 is 19.0 Å². The number of hydrogen-bond donors (Lipinski definition) is 1. The lowest BCUT2D eigenvalue weighted by atomic mass is 10.0. The summed E-state index contributed by atoms with van der Waals surface area (Å²) < 4.78 is 13.4. The topological polar surface area (TPSA) is 88.4 Å². The summed E-state index contributed by atoms with van der Waals surface area (Å²) in [6.07, 6.45) is 0.250. The number of para-hydroxylation sites is 1. The van der Waals surface area contributed by atoms with E-state index in [0.717, 1.165) is 22.2 Å². The second-order valence-corrected chi connectivity index (χ2v) is 9.35. The number of carbonyl (C=O) groups is 1. The summed E-state index contributed by atoms with van der Waals surface area (Å²) in [6.45, 7) is 3.71. The average molecular weight is 516 g/mol. The Labute approximate surface area is 196 Å². The number of halogens is 1. The molecule has 0 radical (unpaired) electrons. The Morgan fingerprint density at radius 2 is 2.06 bits per heavy atom. The van der Waals surface area contributed by atoms with Crippen molar-refractivity contribution in [3.63, 3.8) is 0 Å². The molecule has 3 heterocycles. The van der Waals surface area contributed by atoms with E-state index in [1.54, 1.807) is 9.58 Å². The maximum absolute atomic E-state index is 13.2. The molecule has 32 heavy (non-hydrogen) atoms. The fraction of sp³-hybridized carbons (Fsp3) is 0.273. The van der Waals surface area contributed by atoms with Crippen LogP contribution in [0.15, 0.2) is 50.8 Å². The number of thioether (sulfide) groups is 1. The van der Waals surface area contributed by atoms with E-state index in [1.165, 1.54) is 18.7 Å². The van der Waals surface area contributed by atoms with Gasteiger partial charge in [-0.05, 0) is 35.4 Å². The zero-order valence-electron chi connectivity index (χ0n) is 17.4. The summed E-state index contributed by atoms with van der Waals surface area (Å²) in [7, 11) is 0. The number of ether oxygens (including phenoxy) is 2. The van der Waals surface area contributed by atoms with Crippen molar-refractivity contribution in [2.75, 3.05) is 17.4 Å². The first kappa shape index (κ1) is 21.0. The molecule has 3 aromatic rings. The highest BCUT2D eigenvalue weighted by molar-refractivity contribution is 9.10. The van der Waals surface area contributed by atoms with Crippen LogP contribution >= 0.6 is 27.7 Å². The fourth-order valence-electron chi connectivity index (χ4n) is 3.99. The van der Waals surface area contributed by atoms with Gasteiger partial charge in [-0.2, -0.15) is 0 Å². The van der Waals surface area contributed by atoms with Crippen molar-refractivity contribution >= 4 is 39.3 Å². The standard InChI is InChI=1S/C22H19BrN4O4S/c1-3-8-32-22-24-20(29)19-13-6-4-5-7-16(13)26(12(2)28)21(27(19)25-22)14-9-17-18(10-15(14)23)31-11-30-17/h4-7,9-10,21H,3,8,11H2,1-2H3/p+1/t21-/m1/s1. The van der Waals surface area contributed by atoms with Crippen molar-refractivity contribution in [3.8, 4) is 22.8 Å². The Balaban J connectivity index is 1.81. The van der Waals surface area contributed by atoms with Gasteiger partial charge >= 0.3 is 11.3 Å². The summed E-state index contributed by atoms with van der Waals surface area (Å²) in [4.78, 5) is 30.8. The maximum Gasteiger partial charge on any atom is 0.325 e. The van der Waals surface area contributed by atoms with Gasteiger partial charge in [-0.1, -0.05) is 46.7 Å². The molecule has 1 aromatic heterocycles. The van der Waals surface area contributed by atoms with E-state index in [1.807, 2.05) is 36.4 Å². The molecule has 0 unspecified atom stereocenters. The molecule has 1 amide bonds. The van der Waals surface area contributed by atoms with Crippen LogP contribution in [0.2, 0.25) is 0 Å². The lowest BCUT2D eigenvalue weighted by Crippen LogP contribution is -2.60. The Morgan fingerprint density at radius 3 is 2.81 bits per heavy atom. The van der Waals surface area contributed by atoms with Gasteiger partial charge in [0.1, 0.15) is 0 Å². The number of anilines is 1. The monoisotopic (exact) mass is 515 g/mol. The first-order valence-electron chi connectivity index (χ1n) is 10.2. The van der Waals surface area contributed by atoms with Gasteiger partial charge in [-0.15, -0.1) is 0 Å². The zero-order chi connectivity index (χ0) is 22.4. The van der Waals surface area contributed by atoms with Gasteiger partial charge in [0.25, 0.3) is 6.17 Å². The van der Waals surface area contributed by atoms with E-state index in [4.69, 9.17) is 14.6 Å². The van der Waals surface area contributed by atoms with Gasteiger partial charge in [0, 0.05) is 22.2 Å². The van der Waals surface area contributed by atoms with E-state index in [9.17, 15) is 9.59 Å². The highest BCUT2D eigenvalue weighted by atomic mass is 79.9. The molecule has 164 valence electrons. The quantitative estimate of drug-likeness (QED) is 0.421. The molecule has 2 aliphatic heterocycles. The van der Waals surface area contributed by atoms with Crippen LogP contribution in [0.3, 0.4) is 0 Å². The first-order chi connectivity index (χ1) is 15.5. The van der Waals surface area contributed by atoms with E-state index in [0.29, 0.717) is 33.6 Å². The summed E-state index contributed by atoms with van der Waals surface area (Å²) in [5.74, 6) is 1.84. The Kier molecular flexibility index (Phi) is 5.42. The molecule has 0 saturated carbocycles. The third-order valence-corrected chi connectivity index (χ3v) is 7.07. The predicted molar refractivity (Wildman–Crippen MR) is 123 cm³/mol. The average Bonchev–Trinajstić information content (AvgIpc) is 3.23. The van der Waals surface area contributed by atoms with Gasteiger partial charge in [0.2, 0.25) is 17.9 Å². The number of aromatic amines is 1. The van der Waals surface area contributed by atoms with Crippen LogP contribution in [0.1, 0.15) is 32.0 Å². The first-order valence-corrected chi connectivity index (χ1v) is 11.9. The molecule has 1 atom stereocenters. The van der Waals surface area contributed by atoms with Crippen LogP contribution in [0.4, 0.5) is 5.69 Å². The minimum Gasteiger partial charge on any atom is -0.454 e. The van der Waals surface area contributed by atoms with Gasteiger partial charge < -0.3 is 9.47 Å². The van der Waals surface area contributed by atoms with E-state index < -0.39 is 6.17 Å². The number of amides is 1. The van der Waals surface area contributed by atoms with Crippen LogP contribution in [-0.4, -0.2) is 28.5 Å². The van der Waals surface area contributed by atoms with E-state index >= 15 is 0 Å². The Morgan fingerprint density at radius 1 is 1.31 bits per heavy atom. The van der Waals surface area contributed by atoms with Crippen LogP contribution in [0, 0.1) is 0 Å². The second-order valence-electron chi connectivity index (χ2n) is 7.41. The van der Waals surface area contributed by atoms with Gasteiger partial charge in [-0.3, -0.25) is 14.6 Å².